The first-order valence-electron chi connectivity index (χ1n) is 12.4. The molecule has 2 aliphatic rings. The van der Waals surface area contributed by atoms with Crippen molar-refractivity contribution in [1.82, 2.24) is 20.3 Å². The topological polar surface area (TPSA) is 114 Å². The van der Waals surface area contributed by atoms with Crippen molar-refractivity contribution in [3.8, 4) is 11.4 Å². The Hall–Kier alpha value is -3.89. The first-order chi connectivity index (χ1) is 18.2. The number of sulfone groups is 1. The summed E-state index contributed by atoms with van der Waals surface area (Å²) in [5, 5.41) is 3.70. The summed E-state index contributed by atoms with van der Waals surface area (Å²) in [7, 11) is -3.43. The number of benzene rings is 1. The second-order valence-electron chi connectivity index (χ2n) is 10.00. The maximum absolute atomic E-state index is 12.7. The van der Waals surface area contributed by atoms with E-state index in [4.69, 9.17) is 14.7 Å². The van der Waals surface area contributed by atoms with E-state index in [1.807, 2.05) is 36.4 Å². The normalized spacial score (nSPS) is 16.2. The minimum absolute atomic E-state index is 0.110. The van der Waals surface area contributed by atoms with Crippen molar-refractivity contribution in [3.63, 3.8) is 0 Å². The SMILES string of the molecule is Cc1ccc(C(=O)NCc2cc3nc(-c4cccc(N5CCC56COC6)n4)ccc3cn2)cc1S(C)(=O)=O. The van der Waals surface area contributed by atoms with Crippen molar-refractivity contribution in [3.05, 3.63) is 77.6 Å². The van der Waals surface area contributed by atoms with Gasteiger partial charge in [0.25, 0.3) is 5.91 Å². The number of aryl methyl sites for hydroxylation is 1. The Bertz CT molecular complexity index is 1680. The molecule has 194 valence electrons. The number of fused-ring (bicyclic) bond motifs is 1. The number of hydrogen-bond acceptors (Lipinski definition) is 8. The van der Waals surface area contributed by atoms with Crippen LogP contribution in [-0.2, 0) is 21.1 Å². The van der Waals surface area contributed by atoms with Gasteiger partial charge in [0.15, 0.2) is 9.84 Å². The van der Waals surface area contributed by atoms with Crippen LogP contribution in [0.15, 0.2) is 65.7 Å². The predicted molar refractivity (Wildman–Crippen MR) is 144 cm³/mol. The zero-order chi connectivity index (χ0) is 26.5. The number of anilines is 1. The van der Waals surface area contributed by atoms with Crippen LogP contribution < -0.4 is 10.2 Å². The van der Waals surface area contributed by atoms with Crippen molar-refractivity contribution in [2.24, 2.45) is 0 Å². The molecule has 0 aliphatic carbocycles. The van der Waals surface area contributed by atoms with Gasteiger partial charge < -0.3 is 15.0 Å². The number of aromatic nitrogens is 3. The number of nitrogens with zero attached hydrogens (tertiary/aromatic N) is 4. The molecule has 0 saturated carbocycles. The number of carbonyl (C=O) groups is 1. The summed E-state index contributed by atoms with van der Waals surface area (Å²) in [4.78, 5) is 29.4. The Labute approximate surface area is 220 Å². The molecule has 2 aliphatic heterocycles. The fraction of sp³-hybridized carbons (Fsp3) is 0.286. The van der Waals surface area contributed by atoms with Crippen LogP contribution in [0.4, 0.5) is 5.82 Å². The average molecular weight is 530 g/mol. The molecular formula is C28H27N5O4S. The molecule has 0 radical (unpaired) electrons. The van der Waals surface area contributed by atoms with Crippen LogP contribution in [0.25, 0.3) is 22.3 Å². The maximum Gasteiger partial charge on any atom is 0.251 e. The summed E-state index contributed by atoms with van der Waals surface area (Å²) in [6, 6.07) is 16.4. The van der Waals surface area contributed by atoms with E-state index >= 15 is 0 Å². The highest BCUT2D eigenvalue weighted by Gasteiger charge is 2.51. The van der Waals surface area contributed by atoms with Gasteiger partial charge in [-0.1, -0.05) is 12.1 Å². The number of amides is 1. The van der Waals surface area contributed by atoms with Gasteiger partial charge in [-0.3, -0.25) is 9.78 Å². The summed E-state index contributed by atoms with van der Waals surface area (Å²) < 4.78 is 29.5. The molecule has 1 amide bonds. The molecular weight excluding hydrogens is 502 g/mol. The Balaban J connectivity index is 1.20. The molecule has 10 heteroatoms. The first kappa shape index (κ1) is 24.4. The van der Waals surface area contributed by atoms with E-state index in [1.165, 1.54) is 6.07 Å². The summed E-state index contributed by atoms with van der Waals surface area (Å²) in [5.41, 5.74) is 3.92. The number of nitrogens with one attached hydrogen (secondary N) is 1. The zero-order valence-electron chi connectivity index (χ0n) is 21.1. The van der Waals surface area contributed by atoms with Crippen LogP contribution >= 0.6 is 0 Å². The van der Waals surface area contributed by atoms with E-state index in [9.17, 15) is 13.2 Å². The number of hydrogen-bond donors (Lipinski definition) is 1. The molecule has 0 unspecified atom stereocenters. The lowest BCUT2D eigenvalue weighted by Gasteiger charge is -2.58. The van der Waals surface area contributed by atoms with Gasteiger partial charge in [0.1, 0.15) is 5.82 Å². The Kier molecular flexibility index (Phi) is 5.88. The lowest BCUT2D eigenvalue weighted by molar-refractivity contribution is -0.0851. The molecule has 2 saturated heterocycles. The monoisotopic (exact) mass is 529 g/mol. The first-order valence-corrected chi connectivity index (χ1v) is 14.3. The highest BCUT2D eigenvalue weighted by Crippen LogP contribution is 2.40. The highest BCUT2D eigenvalue weighted by atomic mass is 32.2. The molecule has 1 N–H and O–H groups in total. The Morgan fingerprint density at radius 2 is 1.89 bits per heavy atom. The molecule has 1 spiro atoms. The molecule has 1 aromatic carbocycles. The van der Waals surface area contributed by atoms with E-state index in [0.29, 0.717) is 11.3 Å². The van der Waals surface area contributed by atoms with Gasteiger partial charge in [0.05, 0.1) is 52.8 Å². The highest BCUT2D eigenvalue weighted by molar-refractivity contribution is 7.90. The van der Waals surface area contributed by atoms with Gasteiger partial charge >= 0.3 is 0 Å². The largest absolute Gasteiger partial charge is 0.376 e. The van der Waals surface area contributed by atoms with E-state index in [-0.39, 0.29) is 28.4 Å². The third-order valence-electron chi connectivity index (χ3n) is 7.30. The molecule has 38 heavy (non-hydrogen) atoms. The van der Waals surface area contributed by atoms with Gasteiger partial charge in [-0.15, -0.1) is 0 Å². The molecule has 3 aromatic heterocycles. The van der Waals surface area contributed by atoms with Crippen molar-refractivity contribution < 1.29 is 17.9 Å². The van der Waals surface area contributed by atoms with Crippen molar-refractivity contribution in [2.45, 2.75) is 30.3 Å². The van der Waals surface area contributed by atoms with Gasteiger partial charge in [-0.25, -0.2) is 18.4 Å². The van der Waals surface area contributed by atoms with E-state index < -0.39 is 9.84 Å². The second-order valence-corrected chi connectivity index (χ2v) is 12.0. The molecule has 4 aromatic rings. The van der Waals surface area contributed by atoms with E-state index in [2.05, 4.69) is 15.2 Å². The third kappa shape index (κ3) is 4.39. The van der Waals surface area contributed by atoms with Crippen LogP contribution in [0, 0.1) is 6.92 Å². The van der Waals surface area contributed by atoms with E-state index in [1.54, 1.807) is 25.3 Å². The third-order valence-corrected chi connectivity index (χ3v) is 8.54. The zero-order valence-corrected chi connectivity index (χ0v) is 22.0. The average Bonchev–Trinajstić information content (AvgIpc) is 2.85. The standard InChI is InChI=1S/C28H27N5O4S/c1-18-6-7-19(12-25(18)38(2,35)36)27(34)30-15-21-13-24-20(14-29-21)8-9-23(31-24)22-4-3-5-26(32-22)33-11-10-28(33)16-37-17-28/h3-9,12-14H,10-11,15-17H2,1-2H3,(H,30,34). The predicted octanol–water partition coefficient (Wildman–Crippen LogP) is 3.31. The fourth-order valence-electron chi connectivity index (χ4n) is 4.96. The van der Waals surface area contributed by atoms with Crippen LogP contribution in [0.5, 0.6) is 0 Å². The van der Waals surface area contributed by atoms with Crippen molar-refractivity contribution in [1.29, 1.82) is 0 Å². The molecule has 2 fully saturated rings. The van der Waals surface area contributed by atoms with Crippen molar-refractivity contribution in [2.75, 3.05) is 30.9 Å². The minimum atomic E-state index is -3.43. The smallest absolute Gasteiger partial charge is 0.251 e. The molecule has 9 nitrogen and oxygen atoms in total. The van der Waals surface area contributed by atoms with Crippen LogP contribution in [0.3, 0.4) is 0 Å². The van der Waals surface area contributed by atoms with Crippen LogP contribution in [0.2, 0.25) is 0 Å². The second kappa shape index (κ2) is 9.14. The lowest BCUT2D eigenvalue weighted by Crippen LogP contribution is -2.71. The number of pyridine rings is 3. The van der Waals surface area contributed by atoms with Crippen LogP contribution in [-0.4, -0.2) is 60.8 Å². The number of carbonyl (C=O) groups excluding carboxylic acids is 1. The lowest BCUT2D eigenvalue weighted by atomic mass is 9.83. The van der Waals surface area contributed by atoms with Gasteiger partial charge in [-0.2, -0.15) is 0 Å². The van der Waals surface area contributed by atoms with Gasteiger partial charge in [0.2, 0.25) is 0 Å². The Morgan fingerprint density at radius 3 is 2.61 bits per heavy atom. The summed E-state index contributed by atoms with van der Waals surface area (Å²) in [6.07, 6.45) is 3.99. The number of rotatable bonds is 6. The number of ether oxygens (including phenoxy) is 1. The van der Waals surface area contributed by atoms with E-state index in [0.717, 1.165) is 60.5 Å². The van der Waals surface area contributed by atoms with Gasteiger partial charge in [0, 0.05) is 29.9 Å². The van der Waals surface area contributed by atoms with Crippen LogP contribution in [0.1, 0.15) is 28.0 Å². The van der Waals surface area contributed by atoms with Crippen molar-refractivity contribution >= 4 is 32.5 Å². The molecule has 0 bridgehead atoms. The fourth-order valence-corrected chi connectivity index (χ4v) is 5.96. The quantitative estimate of drug-likeness (QED) is 0.405. The summed E-state index contributed by atoms with van der Waals surface area (Å²) in [5.74, 6) is 0.562. The summed E-state index contributed by atoms with van der Waals surface area (Å²) in [6.45, 7) is 4.36. The Morgan fingerprint density at radius 1 is 1.08 bits per heavy atom. The molecule has 0 atom stereocenters. The molecule has 6 rings (SSSR count). The molecule has 5 heterocycles. The van der Waals surface area contributed by atoms with Gasteiger partial charge in [-0.05, 0) is 61.4 Å². The minimum Gasteiger partial charge on any atom is -0.376 e. The maximum atomic E-state index is 12.7. The summed E-state index contributed by atoms with van der Waals surface area (Å²) >= 11 is 0.